The van der Waals surface area contributed by atoms with Crippen LogP contribution in [0.25, 0.3) is 0 Å². The summed E-state index contributed by atoms with van der Waals surface area (Å²) in [5, 5.41) is 6.95. The highest BCUT2D eigenvalue weighted by Crippen LogP contribution is 2.29. The van der Waals surface area contributed by atoms with E-state index in [1.54, 1.807) is 0 Å². The van der Waals surface area contributed by atoms with E-state index in [-0.39, 0.29) is 29.3 Å². The lowest BCUT2D eigenvalue weighted by molar-refractivity contribution is -0.0163. The van der Waals surface area contributed by atoms with Crippen molar-refractivity contribution in [2.24, 2.45) is 0 Å². The number of urea groups is 1. The van der Waals surface area contributed by atoms with Crippen molar-refractivity contribution >= 4 is 6.03 Å². The number of benzene rings is 1. The fourth-order valence-electron chi connectivity index (χ4n) is 4.69. The molecule has 0 radical (unpaired) electrons. The average molecular weight is 374 g/mol. The molecule has 2 aliphatic rings. The Morgan fingerprint density at radius 1 is 1.19 bits per heavy atom. The lowest BCUT2D eigenvalue weighted by atomic mass is 9.79. The standard InChI is InChI=1S/C22H35N3O2/c1-6-16-7-9-17(10-8-16)19-15-25(11-12-27-19)20(26)23-18-13-21(2,3)24-22(4,5)14-18/h7-10,18-19,24H,6,11-15H2,1-5H3,(H,23,26). The molecule has 2 amide bonds. The second-order valence-electron chi connectivity index (χ2n) is 9.35. The molecule has 2 fully saturated rings. The predicted octanol–water partition coefficient (Wildman–Crippen LogP) is 3.64. The minimum absolute atomic E-state index is 0.0221. The van der Waals surface area contributed by atoms with Gasteiger partial charge in [-0.1, -0.05) is 31.2 Å². The quantitative estimate of drug-likeness (QED) is 0.850. The van der Waals surface area contributed by atoms with Crippen LogP contribution in [0.15, 0.2) is 24.3 Å². The van der Waals surface area contributed by atoms with E-state index in [2.05, 4.69) is 69.5 Å². The summed E-state index contributed by atoms with van der Waals surface area (Å²) in [6.45, 7) is 12.8. The second kappa shape index (κ2) is 7.80. The van der Waals surface area contributed by atoms with E-state index >= 15 is 0 Å². The third kappa shape index (κ3) is 5.23. The first-order valence-corrected chi connectivity index (χ1v) is 10.2. The molecule has 1 aromatic carbocycles. The monoisotopic (exact) mass is 373 g/mol. The summed E-state index contributed by atoms with van der Waals surface area (Å²) in [6, 6.07) is 8.78. The average Bonchev–Trinajstić information content (AvgIpc) is 2.59. The molecule has 1 aromatic rings. The van der Waals surface area contributed by atoms with Gasteiger partial charge in [0.1, 0.15) is 6.10 Å². The van der Waals surface area contributed by atoms with E-state index in [0.29, 0.717) is 19.7 Å². The molecule has 5 heteroatoms. The molecule has 0 bridgehead atoms. The summed E-state index contributed by atoms with van der Waals surface area (Å²) in [5.74, 6) is 0. The Bertz CT molecular complexity index is 638. The van der Waals surface area contributed by atoms with Crippen LogP contribution < -0.4 is 10.6 Å². The summed E-state index contributed by atoms with van der Waals surface area (Å²) in [7, 11) is 0. The smallest absolute Gasteiger partial charge is 0.317 e. The van der Waals surface area contributed by atoms with Crippen molar-refractivity contribution in [3.8, 4) is 0 Å². The van der Waals surface area contributed by atoms with E-state index in [9.17, 15) is 4.79 Å². The minimum Gasteiger partial charge on any atom is -0.370 e. The van der Waals surface area contributed by atoms with Crippen molar-refractivity contribution in [3.05, 3.63) is 35.4 Å². The first kappa shape index (κ1) is 20.2. The van der Waals surface area contributed by atoms with Gasteiger partial charge in [0.15, 0.2) is 0 Å². The number of nitrogens with one attached hydrogen (secondary N) is 2. The SMILES string of the molecule is CCc1ccc(C2CN(C(=O)NC3CC(C)(C)NC(C)(C)C3)CCO2)cc1. The number of ether oxygens (including phenoxy) is 1. The minimum atomic E-state index is -0.0451. The number of morpholine rings is 1. The van der Waals surface area contributed by atoms with Gasteiger partial charge >= 0.3 is 6.03 Å². The van der Waals surface area contributed by atoms with Crippen molar-refractivity contribution in [1.29, 1.82) is 0 Å². The van der Waals surface area contributed by atoms with Gasteiger partial charge in [-0.3, -0.25) is 0 Å². The zero-order valence-corrected chi connectivity index (χ0v) is 17.5. The first-order chi connectivity index (χ1) is 12.7. The maximum absolute atomic E-state index is 12.9. The van der Waals surface area contributed by atoms with Crippen molar-refractivity contribution in [2.75, 3.05) is 19.7 Å². The highest BCUT2D eigenvalue weighted by Gasteiger charge is 2.39. The largest absolute Gasteiger partial charge is 0.370 e. The number of rotatable bonds is 3. The third-order valence-corrected chi connectivity index (χ3v) is 5.63. The molecule has 2 heterocycles. The molecule has 2 aliphatic heterocycles. The van der Waals surface area contributed by atoms with Crippen LogP contribution in [0.5, 0.6) is 0 Å². The normalized spacial score (nSPS) is 25.2. The molecule has 3 rings (SSSR count). The molecule has 5 nitrogen and oxygen atoms in total. The Labute approximate surface area is 163 Å². The van der Waals surface area contributed by atoms with E-state index in [0.717, 1.165) is 24.8 Å². The van der Waals surface area contributed by atoms with Gasteiger partial charge in [0.2, 0.25) is 0 Å². The zero-order valence-electron chi connectivity index (χ0n) is 17.5. The summed E-state index contributed by atoms with van der Waals surface area (Å²) in [5.41, 5.74) is 2.51. The molecular weight excluding hydrogens is 338 g/mol. The lowest BCUT2D eigenvalue weighted by Gasteiger charge is -2.47. The first-order valence-electron chi connectivity index (χ1n) is 10.2. The number of aryl methyl sites for hydroxylation is 1. The Hall–Kier alpha value is -1.59. The Balaban J connectivity index is 1.61. The van der Waals surface area contributed by atoms with Crippen LogP contribution >= 0.6 is 0 Å². The van der Waals surface area contributed by atoms with Crippen molar-refractivity contribution in [1.82, 2.24) is 15.5 Å². The second-order valence-corrected chi connectivity index (χ2v) is 9.35. The van der Waals surface area contributed by atoms with E-state index < -0.39 is 0 Å². The van der Waals surface area contributed by atoms with Gasteiger partial charge in [0.25, 0.3) is 0 Å². The molecule has 1 unspecified atom stereocenters. The Kier molecular flexibility index (Phi) is 5.82. The molecule has 27 heavy (non-hydrogen) atoms. The maximum atomic E-state index is 12.9. The van der Waals surface area contributed by atoms with Crippen LogP contribution in [0.3, 0.4) is 0 Å². The van der Waals surface area contributed by atoms with Gasteiger partial charge in [0, 0.05) is 23.7 Å². The topological polar surface area (TPSA) is 53.6 Å². The molecule has 1 atom stereocenters. The van der Waals surface area contributed by atoms with Crippen LogP contribution in [0.4, 0.5) is 4.79 Å². The van der Waals surface area contributed by atoms with Crippen molar-refractivity contribution < 1.29 is 9.53 Å². The summed E-state index contributed by atoms with van der Waals surface area (Å²) < 4.78 is 5.94. The van der Waals surface area contributed by atoms with E-state index in [1.165, 1.54) is 5.56 Å². The van der Waals surface area contributed by atoms with Gasteiger partial charge in [-0.05, 0) is 58.1 Å². The number of nitrogens with zero attached hydrogens (tertiary/aromatic N) is 1. The Morgan fingerprint density at radius 3 is 2.41 bits per heavy atom. The number of piperidine rings is 1. The van der Waals surface area contributed by atoms with Gasteiger partial charge in [-0.2, -0.15) is 0 Å². The van der Waals surface area contributed by atoms with Crippen molar-refractivity contribution in [2.45, 2.75) is 77.1 Å². The van der Waals surface area contributed by atoms with Gasteiger partial charge < -0.3 is 20.3 Å². The molecule has 2 saturated heterocycles. The van der Waals surface area contributed by atoms with Gasteiger partial charge in [-0.25, -0.2) is 4.79 Å². The molecule has 150 valence electrons. The van der Waals surface area contributed by atoms with Crippen LogP contribution in [0.2, 0.25) is 0 Å². The number of hydrogen-bond acceptors (Lipinski definition) is 3. The van der Waals surface area contributed by atoms with Gasteiger partial charge in [-0.15, -0.1) is 0 Å². The summed E-state index contributed by atoms with van der Waals surface area (Å²) in [6.07, 6.45) is 2.86. The van der Waals surface area contributed by atoms with Crippen molar-refractivity contribution in [3.63, 3.8) is 0 Å². The number of carbonyl (C=O) groups excluding carboxylic acids is 1. The highest BCUT2D eigenvalue weighted by molar-refractivity contribution is 5.74. The fourth-order valence-corrected chi connectivity index (χ4v) is 4.69. The maximum Gasteiger partial charge on any atom is 0.317 e. The summed E-state index contributed by atoms with van der Waals surface area (Å²) >= 11 is 0. The zero-order chi connectivity index (χ0) is 19.7. The van der Waals surface area contributed by atoms with Gasteiger partial charge in [0.05, 0.1) is 13.2 Å². The molecule has 0 aromatic heterocycles. The molecular formula is C22H35N3O2. The van der Waals surface area contributed by atoms with E-state index in [4.69, 9.17) is 4.74 Å². The van der Waals surface area contributed by atoms with Crippen LogP contribution in [0.1, 0.15) is 64.7 Å². The molecule has 0 aliphatic carbocycles. The molecule has 0 spiro atoms. The predicted molar refractivity (Wildman–Crippen MR) is 109 cm³/mol. The van der Waals surface area contributed by atoms with Crippen LogP contribution in [0, 0.1) is 0 Å². The van der Waals surface area contributed by atoms with Crippen LogP contribution in [-0.2, 0) is 11.2 Å². The van der Waals surface area contributed by atoms with Crippen LogP contribution in [-0.4, -0.2) is 47.7 Å². The number of carbonyl (C=O) groups is 1. The third-order valence-electron chi connectivity index (χ3n) is 5.63. The Morgan fingerprint density at radius 2 is 1.81 bits per heavy atom. The molecule has 2 N–H and O–H groups in total. The summed E-state index contributed by atoms with van der Waals surface area (Å²) in [4.78, 5) is 14.8. The number of hydrogen-bond donors (Lipinski definition) is 2. The lowest BCUT2D eigenvalue weighted by Crippen LogP contribution is -2.63. The number of amides is 2. The molecule has 0 saturated carbocycles. The highest BCUT2D eigenvalue weighted by atomic mass is 16.5. The fraction of sp³-hybridized carbons (Fsp3) is 0.682. The van der Waals surface area contributed by atoms with E-state index in [1.807, 2.05) is 4.90 Å².